The van der Waals surface area contributed by atoms with Gasteiger partial charge in [0, 0.05) is 12.1 Å². The molecule has 7 heteroatoms. The Labute approximate surface area is 167 Å². The van der Waals surface area contributed by atoms with E-state index in [9.17, 15) is 13.2 Å². The number of sulfonamides is 1. The third-order valence-corrected chi connectivity index (χ3v) is 5.69. The summed E-state index contributed by atoms with van der Waals surface area (Å²) in [6, 6.07) is 14.1. The number of rotatable bonds is 7. The topological polar surface area (TPSA) is 84.5 Å². The van der Waals surface area contributed by atoms with Crippen molar-refractivity contribution in [2.24, 2.45) is 0 Å². The second-order valence-electron chi connectivity index (χ2n) is 7.76. The van der Waals surface area contributed by atoms with Crippen LogP contribution in [0.3, 0.4) is 0 Å². The molecule has 0 heterocycles. The smallest absolute Gasteiger partial charge is 0.261 e. The fourth-order valence-electron chi connectivity index (χ4n) is 2.64. The SMILES string of the molecule is Cc1cccc(OC(C)C(=O)NCc2ccccc2S(=O)(=O)NC(C)(C)C)c1. The van der Waals surface area contributed by atoms with Crippen LogP contribution >= 0.6 is 0 Å². The molecule has 0 aliphatic carbocycles. The largest absolute Gasteiger partial charge is 0.481 e. The van der Waals surface area contributed by atoms with Gasteiger partial charge in [0.2, 0.25) is 10.0 Å². The highest BCUT2D eigenvalue weighted by Gasteiger charge is 2.24. The molecule has 0 aliphatic heterocycles. The summed E-state index contributed by atoms with van der Waals surface area (Å²) < 4.78 is 33.6. The minimum absolute atomic E-state index is 0.0849. The molecule has 1 atom stereocenters. The van der Waals surface area contributed by atoms with Crippen LogP contribution in [0.1, 0.15) is 38.8 Å². The van der Waals surface area contributed by atoms with Gasteiger partial charge in [0.05, 0.1) is 4.90 Å². The fourth-order valence-corrected chi connectivity index (χ4v) is 4.30. The predicted octanol–water partition coefficient (Wildman–Crippen LogP) is 3.16. The molecule has 0 aliphatic rings. The molecule has 0 radical (unpaired) electrons. The Morgan fingerprint density at radius 1 is 1.11 bits per heavy atom. The van der Waals surface area contributed by atoms with Gasteiger partial charge in [-0.25, -0.2) is 13.1 Å². The van der Waals surface area contributed by atoms with Gasteiger partial charge in [-0.3, -0.25) is 4.79 Å². The van der Waals surface area contributed by atoms with Crippen LogP contribution in [0.5, 0.6) is 5.75 Å². The van der Waals surface area contributed by atoms with Crippen molar-refractivity contribution in [1.29, 1.82) is 0 Å². The van der Waals surface area contributed by atoms with E-state index < -0.39 is 21.7 Å². The molecule has 2 aromatic rings. The molecule has 0 fully saturated rings. The van der Waals surface area contributed by atoms with Crippen LogP contribution < -0.4 is 14.8 Å². The first-order chi connectivity index (χ1) is 13.0. The van der Waals surface area contributed by atoms with Crippen LogP contribution in [0.15, 0.2) is 53.4 Å². The van der Waals surface area contributed by atoms with Gasteiger partial charge < -0.3 is 10.1 Å². The van der Waals surface area contributed by atoms with Gasteiger partial charge in [-0.1, -0.05) is 30.3 Å². The van der Waals surface area contributed by atoms with E-state index in [0.29, 0.717) is 11.3 Å². The zero-order valence-electron chi connectivity index (χ0n) is 16.9. The Kier molecular flexibility index (Phi) is 6.85. The Morgan fingerprint density at radius 2 is 1.79 bits per heavy atom. The molecule has 2 N–H and O–H groups in total. The van der Waals surface area contributed by atoms with Crippen LogP contribution in [0.25, 0.3) is 0 Å². The summed E-state index contributed by atoms with van der Waals surface area (Å²) in [6.07, 6.45) is -0.710. The average Bonchev–Trinajstić information content (AvgIpc) is 2.57. The van der Waals surface area contributed by atoms with Crippen molar-refractivity contribution in [1.82, 2.24) is 10.0 Å². The van der Waals surface area contributed by atoms with Crippen LogP contribution in [0, 0.1) is 6.92 Å². The van der Waals surface area contributed by atoms with Gasteiger partial charge in [0.15, 0.2) is 6.10 Å². The Morgan fingerprint density at radius 3 is 2.43 bits per heavy atom. The van der Waals surface area contributed by atoms with E-state index in [1.165, 1.54) is 6.07 Å². The van der Waals surface area contributed by atoms with Crippen molar-refractivity contribution in [3.63, 3.8) is 0 Å². The lowest BCUT2D eigenvalue weighted by atomic mass is 10.1. The van der Waals surface area contributed by atoms with E-state index in [-0.39, 0.29) is 17.3 Å². The summed E-state index contributed by atoms with van der Waals surface area (Å²) >= 11 is 0. The highest BCUT2D eigenvalue weighted by molar-refractivity contribution is 7.89. The normalized spacial score (nSPS) is 13.0. The highest BCUT2D eigenvalue weighted by Crippen LogP contribution is 2.18. The van der Waals surface area contributed by atoms with Gasteiger partial charge in [-0.05, 0) is 63.9 Å². The number of carbonyl (C=O) groups is 1. The fraction of sp³-hybridized carbons (Fsp3) is 0.381. The Hall–Kier alpha value is -2.38. The maximum Gasteiger partial charge on any atom is 0.261 e. The molecule has 28 heavy (non-hydrogen) atoms. The summed E-state index contributed by atoms with van der Waals surface area (Å²) in [5.74, 6) is 0.289. The van der Waals surface area contributed by atoms with Gasteiger partial charge in [-0.15, -0.1) is 0 Å². The Balaban J connectivity index is 2.07. The van der Waals surface area contributed by atoms with Crippen molar-refractivity contribution < 1.29 is 17.9 Å². The number of amides is 1. The summed E-state index contributed by atoms with van der Waals surface area (Å²) in [4.78, 5) is 12.5. The molecule has 0 spiro atoms. The number of aryl methyl sites for hydroxylation is 1. The van der Waals surface area contributed by atoms with Crippen LogP contribution in [-0.4, -0.2) is 26.0 Å². The third-order valence-electron chi connectivity index (χ3n) is 3.83. The van der Waals surface area contributed by atoms with E-state index in [1.807, 2.05) is 25.1 Å². The summed E-state index contributed by atoms with van der Waals surface area (Å²) in [5, 5.41) is 2.75. The lowest BCUT2D eigenvalue weighted by molar-refractivity contribution is -0.127. The summed E-state index contributed by atoms with van der Waals surface area (Å²) in [6.45, 7) is 9.02. The number of benzene rings is 2. The second kappa shape index (κ2) is 8.75. The Bertz CT molecular complexity index is 933. The molecule has 0 bridgehead atoms. The average molecular weight is 405 g/mol. The molecule has 6 nitrogen and oxygen atoms in total. The predicted molar refractivity (Wildman–Crippen MR) is 110 cm³/mol. The molecule has 2 aromatic carbocycles. The molecule has 1 amide bonds. The van der Waals surface area contributed by atoms with Gasteiger partial charge >= 0.3 is 0 Å². The third kappa shape index (κ3) is 6.35. The summed E-state index contributed by atoms with van der Waals surface area (Å²) in [7, 11) is -3.70. The van der Waals surface area contributed by atoms with E-state index in [4.69, 9.17) is 4.74 Å². The minimum Gasteiger partial charge on any atom is -0.481 e. The monoisotopic (exact) mass is 404 g/mol. The number of carbonyl (C=O) groups excluding carboxylic acids is 1. The molecule has 2 rings (SSSR count). The van der Waals surface area contributed by atoms with Crippen LogP contribution in [-0.2, 0) is 21.4 Å². The summed E-state index contributed by atoms with van der Waals surface area (Å²) in [5.41, 5.74) is 0.941. The van der Waals surface area contributed by atoms with E-state index >= 15 is 0 Å². The van der Waals surface area contributed by atoms with Crippen molar-refractivity contribution in [3.05, 3.63) is 59.7 Å². The maximum absolute atomic E-state index is 12.7. The zero-order chi connectivity index (χ0) is 20.9. The minimum atomic E-state index is -3.70. The van der Waals surface area contributed by atoms with E-state index in [2.05, 4.69) is 10.0 Å². The van der Waals surface area contributed by atoms with Crippen molar-refractivity contribution in [2.75, 3.05) is 0 Å². The molecular weight excluding hydrogens is 376 g/mol. The number of hydrogen-bond donors (Lipinski definition) is 2. The molecule has 1 unspecified atom stereocenters. The first kappa shape index (κ1) is 21.9. The van der Waals surface area contributed by atoms with Gasteiger partial charge in [0.25, 0.3) is 5.91 Å². The molecule has 0 saturated carbocycles. The number of nitrogens with one attached hydrogen (secondary N) is 2. The molecule has 0 aromatic heterocycles. The van der Waals surface area contributed by atoms with Gasteiger partial charge in [-0.2, -0.15) is 0 Å². The molecular formula is C21H28N2O4S. The van der Waals surface area contributed by atoms with E-state index in [0.717, 1.165) is 5.56 Å². The first-order valence-corrected chi connectivity index (χ1v) is 10.6. The van der Waals surface area contributed by atoms with Crippen molar-refractivity contribution >= 4 is 15.9 Å². The highest BCUT2D eigenvalue weighted by atomic mass is 32.2. The number of ether oxygens (including phenoxy) is 1. The van der Waals surface area contributed by atoms with E-state index in [1.54, 1.807) is 52.0 Å². The standard InChI is InChI=1S/C21H28N2O4S/c1-15-9-8-11-18(13-15)27-16(2)20(24)22-14-17-10-6-7-12-19(17)28(25,26)23-21(3,4)5/h6-13,16,23H,14H2,1-5H3,(H,22,24). The van der Waals surface area contributed by atoms with Gasteiger partial charge in [0.1, 0.15) is 5.75 Å². The number of hydrogen-bond acceptors (Lipinski definition) is 4. The van der Waals surface area contributed by atoms with Crippen molar-refractivity contribution in [2.45, 2.75) is 57.7 Å². The maximum atomic E-state index is 12.7. The lowest BCUT2D eigenvalue weighted by Crippen LogP contribution is -2.41. The molecule has 0 saturated heterocycles. The molecule has 152 valence electrons. The van der Waals surface area contributed by atoms with Crippen LogP contribution in [0.4, 0.5) is 0 Å². The lowest BCUT2D eigenvalue weighted by Gasteiger charge is -2.22. The first-order valence-electron chi connectivity index (χ1n) is 9.11. The second-order valence-corrected chi connectivity index (χ2v) is 9.41. The zero-order valence-corrected chi connectivity index (χ0v) is 17.8. The van der Waals surface area contributed by atoms with Crippen molar-refractivity contribution in [3.8, 4) is 5.75 Å². The van der Waals surface area contributed by atoms with Crippen LogP contribution in [0.2, 0.25) is 0 Å². The quantitative estimate of drug-likeness (QED) is 0.742.